The highest BCUT2D eigenvalue weighted by Crippen LogP contribution is 2.43. The molecule has 4 nitrogen and oxygen atoms in total. The van der Waals surface area contributed by atoms with Gasteiger partial charge in [-0.05, 0) is 41.3 Å². The Kier molecular flexibility index (Phi) is 2.49. The summed E-state index contributed by atoms with van der Waals surface area (Å²) >= 11 is 2.23. The zero-order valence-corrected chi connectivity index (χ0v) is 11.0. The molecule has 0 aromatic heterocycles. The van der Waals surface area contributed by atoms with Crippen molar-refractivity contribution >= 4 is 22.6 Å². The van der Waals surface area contributed by atoms with Gasteiger partial charge in [0.15, 0.2) is 11.5 Å². The molecule has 1 unspecified atom stereocenters. The number of rotatable bonds is 0. The van der Waals surface area contributed by atoms with E-state index in [1.54, 1.807) is 0 Å². The van der Waals surface area contributed by atoms with Gasteiger partial charge in [-0.15, -0.1) is 0 Å². The Morgan fingerprint density at radius 3 is 3.12 bits per heavy atom. The third kappa shape index (κ3) is 1.49. The zero-order chi connectivity index (χ0) is 11.3. The van der Waals surface area contributed by atoms with Gasteiger partial charge < -0.3 is 14.6 Å². The van der Waals surface area contributed by atoms with Crippen molar-refractivity contribution in [3.05, 3.63) is 20.8 Å². The van der Waals surface area contributed by atoms with Crippen LogP contribution in [0.2, 0.25) is 0 Å². The Bertz CT molecular complexity index is 449. The number of nitrogens with zero attached hydrogens (tertiary/aromatic N) is 1. The van der Waals surface area contributed by atoms with E-state index in [2.05, 4.69) is 27.5 Å². The molecule has 0 bridgehead atoms. The second-order valence-corrected chi connectivity index (χ2v) is 5.29. The lowest BCUT2D eigenvalue weighted by atomic mass is 9.97. The van der Waals surface area contributed by atoms with E-state index in [4.69, 9.17) is 9.47 Å². The van der Waals surface area contributed by atoms with Crippen LogP contribution in [-0.4, -0.2) is 30.4 Å². The molecule has 0 spiro atoms. The van der Waals surface area contributed by atoms with Crippen molar-refractivity contribution in [2.45, 2.75) is 12.6 Å². The van der Waals surface area contributed by atoms with E-state index in [-0.39, 0.29) is 6.79 Å². The van der Waals surface area contributed by atoms with Gasteiger partial charge in [-0.3, -0.25) is 4.90 Å². The average molecular weight is 333 g/mol. The summed E-state index contributed by atoms with van der Waals surface area (Å²) in [6, 6.07) is 1.98. The van der Waals surface area contributed by atoms with Crippen LogP contribution < -0.4 is 9.47 Å². The molecular formula is C11H12INO3. The first-order valence-electron chi connectivity index (χ1n) is 5.14. The number of hydrogen-bond acceptors (Lipinski definition) is 4. The monoisotopic (exact) mass is 333 g/mol. The Labute approximate surface area is 107 Å². The topological polar surface area (TPSA) is 41.9 Å². The molecule has 16 heavy (non-hydrogen) atoms. The predicted molar refractivity (Wildman–Crippen MR) is 66.6 cm³/mol. The zero-order valence-electron chi connectivity index (χ0n) is 8.86. The first-order chi connectivity index (χ1) is 7.66. The summed E-state index contributed by atoms with van der Waals surface area (Å²) in [5, 5.41) is 10.1. The van der Waals surface area contributed by atoms with E-state index >= 15 is 0 Å². The highest BCUT2D eigenvalue weighted by Gasteiger charge is 2.30. The van der Waals surface area contributed by atoms with Crippen LogP contribution in [0.4, 0.5) is 0 Å². The molecule has 0 aliphatic carbocycles. The number of benzene rings is 1. The first kappa shape index (κ1) is 10.6. The Morgan fingerprint density at radius 1 is 1.50 bits per heavy atom. The van der Waals surface area contributed by atoms with E-state index in [1.807, 2.05) is 13.1 Å². The molecule has 2 aliphatic heterocycles. The van der Waals surface area contributed by atoms with Gasteiger partial charge in [0.25, 0.3) is 0 Å². The van der Waals surface area contributed by atoms with E-state index in [9.17, 15) is 5.11 Å². The average Bonchev–Trinajstić information content (AvgIpc) is 2.64. The standard InChI is InChI=1S/C11H12INO3/c1-13-3-6-2-8-11(16-5-15-8)10(12)9(6)7(14)4-13/h2,7,14H,3-5H2,1H3. The van der Waals surface area contributed by atoms with Crippen molar-refractivity contribution < 1.29 is 14.6 Å². The Balaban J connectivity index is 2.18. The van der Waals surface area contributed by atoms with Crippen LogP contribution in [0.3, 0.4) is 0 Å². The third-order valence-corrected chi connectivity index (χ3v) is 4.06. The highest BCUT2D eigenvalue weighted by molar-refractivity contribution is 14.1. The summed E-state index contributed by atoms with van der Waals surface area (Å²) in [6.07, 6.45) is -0.435. The summed E-state index contributed by atoms with van der Waals surface area (Å²) < 4.78 is 11.8. The Morgan fingerprint density at radius 2 is 2.31 bits per heavy atom. The maximum absolute atomic E-state index is 10.1. The number of fused-ring (bicyclic) bond motifs is 2. The minimum Gasteiger partial charge on any atom is -0.454 e. The smallest absolute Gasteiger partial charge is 0.231 e. The molecule has 0 saturated heterocycles. The van der Waals surface area contributed by atoms with E-state index < -0.39 is 6.10 Å². The van der Waals surface area contributed by atoms with Crippen molar-refractivity contribution in [1.82, 2.24) is 4.90 Å². The van der Waals surface area contributed by atoms with Crippen LogP contribution >= 0.6 is 22.6 Å². The second kappa shape index (κ2) is 3.75. The van der Waals surface area contributed by atoms with E-state index in [0.29, 0.717) is 6.54 Å². The molecule has 0 amide bonds. The summed E-state index contributed by atoms with van der Waals surface area (Å²) in [4.78, 5) is 2.10. The van der Waals surface area contributed by atoms with Gasteiger partial charge in [0.05, 0.1) is 9.67 Å². The molecule has 3 rings (SSSR count). The quantitative estimate of drug-likeness (QED) is 0.731. The van der Waals surface area contributed by atoms with Crippen LogP contribution in [0.25, 0.3) is 0 Å². The molecule has 1 atom stereocenters. The highest BCUT2D eigenvalue weighted by atomic mass is 127. The van der Waals surface area contributed by atoms with Gasteiger partial charge in [-0.1, -0.05) is 0 Å². The van der Waals surface area contributed by atoms with Gasteiger partial charge in [0, 0.05) is 18.7 Å². The molecule has 1 aromatic rings. The lowest BCUT2D eigenvalue weighted by Gasteiger charge is -2.30. The number of halogens is 1. The van der Waals surface area contributed by atoms with Gasteiger partial charge >= 0.3 is 0 Å². The summed E-state index contributed by atoms with van der Waals surface area (Å²) in [6.45, 7) is 1.79. The fourth-order valence-corrected chi connectivity index (χ4v) is 3.43. The molecule has 2 heterocycles. The minimum absolute atomic E-state index is 0.278. The van der Waals surface area contributed by atoms with Crippen LogP contribution in [-0.2, 0) is 6.54 Å². The molecule has 0 saturated carbocycles. The number of aliphatic hydroxyl groups excluding tert-OH is 1. The normalized spacial score (nSPS) is 23.3. The third-order valence-electron chi connectivity index (χ3n) is 2.99. The molecule has 5 heteroatoms. The van der Waals surface area contributed by atoms with Crippen LogP contribution in [0.1, 0.15) is 17.2 Å². The second-order valence-electron chi connectivity index (χ2n) is 4.21. The molecule has 1 aromatic carbocycles. The van der Waals surface area contributed by atoms with Crippen molar-refractivity contribution in [2.75, 3.05) is 20.4 Å². The summed E-state index contributed by atoms with van der Waals surface area (Å²) in [5.74, 6) is 1.58. The largest absolute Gasteiger partial charge is 0.454 e. The number of aliphatic hydroxyl groups is 1. The molecule has 0 radical (unpaired) electrons. The van der Waals surface area contributed by atoms with Gasteiger partial charge in [0.2, 0.25) is 6.79 Å². The van der Waals surface area contributed by atoms with Crippen molar-refractivity contribution in [3.63, 3.8) is 0 Å². The van der Waals surface area contributed by atoms with Gasteiger partial charge in [0.1, 0.15) is 0 Å². The number of ether oxygens (including phenoxy) is 2. The molecule has 2 aliphatic rings. The van der Waals surface area contributed by atoms with Crippen molar-refractivity contribution in [2.24, 2.45) is 0 Å². The lowest BCUT2D eigenvalue weighted by molar-refractivity contribution is 0.107. The lowest BCUT2D eigenvalue weighted by Crippen LogP contribution is -2.30. The number of hydrogen-bond donors (Lipinski definition) is 1. The fraction of sp³-hybridized carbons (Fsp3) is 0.455. The van der Waals surface area contributed by atoms with Gasteiger partial charge in [-0.25, -0.2) is 0 Å². The fourth-order valence-electron chi connectivity index (χ4n) is 2.30. The first-order valence-corrected chi connectivity index (χ1v) is 6.22. The van der Waals surface area contributed by atoms with Crippen LogP contribution in [0.15, 0.2) is 6.07 Å². The van der Waals surface area contributed by atoms with E-state index in [0.717, 1.165) is 32.7 Å². The minimum atomic E-state index is -0.435. The number of β-amino-alcohol motifs (C(OH)–C–C–N with tert-alkyl or cyclic N) is 1. The van der Waals surface area contributed by atoms with Crippen LogP contribution in [0.5, 0.6) is 11.5 Å². The van der Waals surface area contributed by atoms with Gasteiger partial charge in [-0.2, -0.15) is 0 Å². The molecule has 1 N–H and O–H groups in total. The van der Waals surface area contributed by atoms with E-state index in [1.165, 1.54) is 0 Å². The number of likely N-dealkylation sites (N-methyl/N-ethyl adjacent to an activating group) is 1. The van der Waals surface area contributed by atoms with Crippen molar-refractivity contribution in [3.8, 4) is 11.5 Å². The predicted octanol–water partition coefficient (Wildman–Crippen LogP) is 1.50. The molecule has 0 fully saturated rings. The maximum atomic E-state index is 10.1. The SMILES string of the molecule is CN1Cc2cc3c(c(I)c2C(O)C1)OCO3. The summed E-state index contributed by atoms with van der Waals surface area (Å²) in [5.41, 5.74) is 2.14. The Hall–Kier alpha value is -0.530. The van der Waals surface area contributed by atoms with Crippen LogP contribution in [0, 0.1) is 3.57 Å². The molecular weight excluding hydrogens is 321 g/mol. The van der Waals surface area contributed by atoms with Crippen molar-refractivity contribution in [1.29, 1.82) is 0 Å². The maximum Gasteiger partial charge on any atom is 0.231 e. The summed E-state index contributed by atoms with van der Waals surface area (Å²) in [7, 11) is 2.00. The molecule has 86 valence electrons.